The molecule has 5 rings (SSSR count). The Morgan fingerprint density at radius 2 is 1.74 bits per heavy atom. The molecule has 1 saturated heterocycles. The van der Waals surface area contributed by atoms with Crippen molar-refractivity contribution in [1.29, 1.82) is 0 Å². The number of carbonyl (C=O) groups is 2. The van der Waals surface area contributed by atoms with Crippen LogP contribution in [0.4, 0.5) is 14.5 Å². The summed E-state index contributed by atoms with van der Waals surface area (Å²) in [5, 5.41) is 2.74. The lowest BCUT2D eigenvalue weighted by atomic mass is 10.0. The predicted molar refractivity (Wildman–Crippen MR) is 144 cm³/mol. The predicted octanol–water partition coefficient (Wildman–Crippen LogP) is 3.76. The van der Waals surface area contributed by atoms with Crippen LogP contribution in [0.5, 0.6) is 0 Å². The van der Waals surface area contributed by atoms with Crippen LogP contribution in [-0.2, 0) is 20.4 Å². The molecule has 0 spiro atoms. The molecule has 0 saturated carbocycles. The van der Waals surface area contributed by atoms with Crippen molar-refractivity contribution in [3.8, 4) is 0 Å². The van der Waals surface area contributed by atoms with E-state index in [2.05, 4.69) is 15.2 Å². The first kappa shape index (κ1) is 26.8. The van der Waals surface area contributed by atoms with Gasteiger partial charge in [0.15, 0.2) is 21.5 Å². The Labute approximate surface area is 225 Å². The maximum atomic E-state index is 13.6. The summed E-state index contributed by atoms with van der Waals surface area (Å²) >= 11 is 0. The first-order chi connectivity index (χ1) is 18.4. The van der Waals surface area contributed by atoms with E-state index >= 15 is 0 Å². The fourth-order valence-corrected chi connectivity index (χ4v) is 6.35. The number of hydrogen-bond acceptors (Lipinski definition) is 5. The van der Waals surface area contributed by atoms with Gasteiger partial charge in [0, 0.05) is 48.8 Å². The number of halogens is 2. The van der Waals surface area contributed by atoms with Crippen LogP contribution in [0.3, 0.4) is 0 Å². The molecule has 2 aromatic carbocycles. The number of likely N-dealkylation sites (N-methyl/N-ethyl adjacent to an activating group) is 1. The average Bonchev–Trinajstić information content (AvgIpc) is 3.35. The van der Waals surface area contributed by atoms with Crippen molar-refractivity contribution in [1.82, 2.24) is 14.8 Å². The highest BCUT2D eigenvalue weighted by Gasteiger charge is 2.29. The van der Waals surface area contributed by atoms with Gasteiger partial charge in [-0.25, -0.2) is 17.2 Å². The zero-order chi connectivity index (χ0) is 28.1. The molecule has 2 aliphatic rings. The molecule has 3 aromatic rings. The van der Waals surface area contributed by atoms with Gasteiger partial charge in [-0.05, 0) is 68.4 Å². The topological polar surface area (TPSA) is 103 Å². The van der Waals surface area contributed by atoms with E-state index in [1.807, 2.05) is 25.8 Å². The van der Waals surface area contributed by atoms with Crippen molar-refractivity contribution in [2.24, 2.45) is 0 Å². The molecule has 2 aliphatic heterocycles. The smallest absolute Gasteiger partial charge is 0.256 e. The van der Waals surface area contributed by atoms with E-state index in [1.165, 1.54) is 24.3 Å². The lowest BCUT2D eigenvalue weighted by Gasteiger charge is -2.32. The third kappa shape index (κ3) is 5.11. The number of nitrogens with zero attached hydrogens (tertiary/aromatic N) is 2. The highest BCUT2D eigenvalue weighted by molar-refractivity contribution is 7.90. The van der Waals surface area contributed by atoms with Crippen molar-refractivity contribution in [2.75, 3.05) is 38.5 Å². The minimum atomic E-state index is -3.93. The maximum absolute atomic E-state index is 13.6. The van der Waals surface area contributed by atoms with E-state index in [1.54, 1.807) is 6.08 Å². The van der Waals surface area contributed by atoms with Crippen molar-refractivity contribution < 1.29 is 26.8 Å². The Kier molecular flexibility index (Phi) is 6.90. The van der Waals surface area contributed by atoms with Crippen LogP contribution in [0.2, 0.25) is 0 Å². The standard InChI is InChI=1S/C28H28F2N4O4S/c1-16-25(31-17(2)26(16)28(36)34-10-8-33(3)9-11-34)14-21-20-13-19(5-7-24(20)32-27(21)35)39(37,38)15-18-4-6-22(29)23(30)12-18/h4-7,12-14,31H,8-11,15H2,1-3H3,(H,32,35). The van der Waals surface area contributed by atoms with Gasteiger partial charge in [-0.1, -0.05) is 6.07 Å². The Hall–Kier alpha value is -3.83. The first-order valence-electron chi connectivity index (χ1n) is 12.5. The molecule has 3 heterocycles. The number of aromatic nitrogens is 1. The number of carbonyl (C=O) groups excluding carboxylic acids is 2. The molecule has 0 aliphatic carbocycles. The summed E-state index contributed by atoms with van der Waals surface area (Å²) in [6.45, 7) is 6.48. The maximum Gasteiger partial charge on any atom is 0.256 e. The Morgan fingerprint density at radius 1 is 1.03 bits per heavy atom. The Bertz CT molecular complexity index is 1640. The molecule has 0 bridgehead atoms. The van der Waals surface area contributed by atoms with Crippen molar-refractivity contribution in [3.05, 3.63) is 81.7 Å². The number of hydrogen-bond donors (Lipinski definition) is 2. The summed E-state index contributed by atoms with van der Waals surface area (Å²) < 4.78 is 53.1. The number of fused-ring (bicyclic) bond motifs is 1. The number of rotatable bonds is 5. The van der Waals surface area contributed by atoms with E-state index in [4.69, 9.17) is 0 Å². The number of piperazine rings is 1. The van der Waals surface area contributed by atoms with Crippen molar-refractivity contribution in [2.45, 2.75) is 24.5 Å². The van der Waals surface area contributed by atoms with Gasteiger partial charge in [-0.3, -0.25) is 9.59 Å². The van der Waals surface area contributed by atoms with Crippen LogP contribution in [0.1, 0.15) is 38.4 Å². The van der Waals surface area contributed by atoms with Crippen molar-refractivity contribution >= 4 is 39.0 Å². The van der Waals surface area contributed by atoms with Crippen LogP contribution >= 0.6 is 0 Å². The molecule has 39 heavy (non-hydrogen) atoms. The van der Waals surface area contributed by atoms with Crippen LogP contribution < -0.4 is 5.32 Å². The SMILES string of the molecule is Cc1[nH]c(C=C2C(=O)Nc3ccc(S(=O)(=O)Cc4ccc(F)c(F)c4)cc32)c(C)c1C(=O)N1CCN(C)CC1. The number of nitrogens with one attached hydrogen (secondary N) is 2. The van der Waals surface area contributed by atoms with Crippen LogP contribution in [-0.4, -0.2) is 68.2 Å². The molecular formula is C28H28F2N4O4S. The largest absolute Gasteiger partial charge is 0.358 e. The van der Waals surface area contributed by atoms with Gasteiger partial charge in [0.1, 0.15) is 0 Å². The Morgan fingerprint density at radius 3 is 2.44 bits per heavy atom. The molecule has 2 N–H and O–H groups in total. The fourth-order valence-electron chi connectivity index (χ4n) is 4.99. The summed E-state index contributed by atoms with van der Waals surface area (Å²) in [7, 11) is -1.92. The van der Waals surface area contributed by atoms with Crippen LogP contribution in [0, 0.1) is 25.5 Å². The second kappa shape index (κ2) is 10.0. The third-order valence-corrected chi connectivity index (χ3v) is 8.93. The quantitative estimate of drug-likeness (QED) is 0.468. The van der Waals surface area contributed by atoms with E-state index in [0.29, 0.717) is 46.9 Å². The average molecular weight is 555 g/mol. The van der Waals surface area contributed by atoms with Gasteiger partial charge in [-0.2, -0.15) is 0 Å². The lowest BCUT2D eigenvalue weighted by molar-refractivity contribution is -0.110. The molecule has 1 fully saturated rings. The zero-order valence-electron chi connectivity index (χ0n) is 21.8. The van der Waals surface area contributed by atoms with E-state index < -0.39 is 33.1 Å². The molecule has 1 aromatic heterocycles. The molecule has 0 unspecified atom stereocenters. The monoisotopic (exact) mass is 554 g/mol. The third-order valence-electron chi connectivity index (χ3n) is 7.24. The number of benzene rings is 2. The van der Waals surface area contributed by atoms with Gasteiger partial charge in [-0.15, -0.1) is 0 Å². The van der Waals surface area contributed by atoms with Crippen molar-refractivity contribution in [3.63, 3.8) is 0 Å². The number of anilines is 1. The summed E-state index contributed by atoms with van der Waals surface area (Å²) in [6, 6.07) is 7.23. The van der Waals surface area contributed by atoms with Gasteiger partial charge < -0.3 is 20.1 Å². The molecule has 8 nitrogen and oxygen atoms in total. The van der Waals surface area contributed by atoms with E-state index in [-0.39, 0.29) is 21.9 Å². The van der Waals surface area contributed by atoms with E-state index in [0.717, 1.165) is 25.2 Å². The lowest BCUT2D eigenvalue weighted by Crippen LogP contribution is -2.47. The Balaban J connectivity index is 1.47. The number of H-pyrrole nitrogens is 1. The number of amides is 2. The summed E-state index contributed by atoms with van der Waals surface area (Å²) in [5.74, 6) is -3.19. The number of aryl methyl sites for hydroxylation is 1. The summed E-state index contributed by atoms with van der Waals surface area (Å²) in [4.78, 5) is 33.3. The van der Waals surface area contributed by atoms with Gasteiger partial charge >= 0.3 is 0 Å². The minimum absolute atomic E-state index is 0.0568. The van der Waals surface area contributed by atoms with Crippen LogP contribution in [0.15, 0.2) is 41.3 Å². The van der Waals surface area contributed by atoms with Gasteiger partial charge in [0.05, 0.1) is 21.8 Å². The summed E-state index contributed by atoms with van der Waals surface area (Å²) in [5.41, 5.74) is 3.73. The molecule has 2 amide bonds. The second-order valence-corrected chi connectivity index (χ2v) is 12.0. The van der Waals surface area contributed by atoms with Gasteiger partial charge in [0.2, 0.25) is 0 Å². The number of sulfone groups is 1. The molecule has 11 heteroatoms. The molecular weight excluding hydrogens is 526 g/mol. The second-order valence-electron chi connectivity index (χ2n) is 9.99. The zero-order valence-corrected chi connectivity index (χ0v) is 22.6. The normalized spacial score (nSPS) is 17.0. The first-order valence-corrected chi connectivity index (χ1v) is 14.1. The fraction of sp³-hybridized carbons (Fsp3) is 0.286. The highest BCUT2D eigenvalue weighted by atomic mass is 32.2. The molecule has 0 atom stereocenters. The van der Waals surface area contributed by atoms with Crippen LogP contribution in [0.25, 0.3) is 11.6 Å². The number of aromatic amines is 1. The van der Waals surface area contributed by atoms with E-state index in [9.17, 15) is 26.8 Å². The summed E-state index contributed by atoms with van der Waals surface area (Å²) in [6.07, 6.45) is 1.62. The highest BCUT2D eigenvalue weighted by Crippen LogP contribution is 2.36. The molecule has 204 valence electrons. The van der Waals surface area contributed by atoms with Gasteiger partial charge in [0.25, 0.3) is 11.8 Å². The minimum Gasteiger partial charge on any atom is -0.358 e. The molecule has 0 radical (unpaired) electrons.